The number of fused-ring (bicyclic) bond motifs is 2. The van der Waals surface area contributed by atoms with E-state index in [1.165, 1.54) is 11.8 Å². The molecule has 0 unspecified atom stereocenters. The molecule has 4 heterocycles. The highest BCUT2D eigenvalue weighted by molar-refractivity contribution is 8.00. The Bertz CT molecular complexity index is 1370. The normalized spacial score (nSPS) is 20.3. The molecule has 2 atom stereocenters. The van der Waals surface area contributed by atoms with Crippen LogP contribution in [0.5, 0.6) is 0 Å². The third-order valence-corrected chi connectivity index (χ3v) is 7.55. The number of thioether (sulfide) groups is 1. The van der Waals surface area contributed by atoms with Gasteiger partial charge in [0.05, 0.1) is 39.6 Å². The quantitative estimate of drug-likeness (QED) is 0.476. The van der Waals surface area contributed by atoms with E-state index in [0.717, 1.165) is 34.5 Å². The largest absolute Gasteiger partial charge is 0.390 e. The lowest BCUT2D eigenvalue weighted by molar-refractivity contribution is -0.113. The van der Waals surface area contributed by atoms with Gasteiger partial charge >= 0.3 is 0 Å². The molecular weight excluding hydrogens is 464 g/mol. The number of amides is 1. The lowest BCUT2D eigenvalue weighted by Crippen LogP contribution is -2.53. The molecule has 0 saturated carbocycles. The highest BCUT2D eigenvalue weighted by Gasteiger charge is 2.27. The van der Waals surface area contributed by atoms with E-state index in [0.29, 0.717) is 43.3 Å². The molecule has 180 valence electrons. The number of aliphatic hydroxyl groups excluding tert-OH is 1. The summed E-state index contributed by atoms with van der Waals surface area (Å²) in [5, 5.41) is 27.1. The maximum Gasteiger partial charge on any atom is 0.251 e. The SMILES string of the molecule is N#Cc1ccc2ccc(=O)n(CCN3CC[C@H](NCc4ccc5c(n4)NC(=O)CS5)[C@H](O)C3)c2c1. The molecule has 2 aliphatic heterocycles. The first kappa shape index (κ1) is 23.5. The van der Waals surface area contributed by atoms with Crippen LogP contribution in [0.3, 0.4) is 0 Å². The van der Waals surface area contributed by atoms with Gasteiger partial charge in [0.15, 0.2) is 0 Å². The van der Waals surface area contributed by atoms with E-state index in [4.69, 9.17) is 0 Å². The smallest absolute Gasteiger partial charge is 0.251 e. The van der Waals surface area contributed by atoms with Crippen LogP contribution in [0.15, 0.2) is 52.2 Å². The Morgan fingerprint density at radius 3 is 2.89 bits per heavy atom. The Morgan fingerprint density at radius 2 is 2.06 bits per heavy atom. The average molecular weight is 491 g/mol. The van der Waals surface area contributed by atoms with Crippen LogP contribution in [0.25, 0.3) is 10.9 Å². The topological polar surface area (TPSA) is 123 Å². The number of aromatic nitrogens is 2. The molecule has 0 spiro atoms. The number of β-amino-alcohol motifs (C(OH)–C–C–N with tert-alkyl or cyclic N) is 1. The van der Waals surface area contributed by atoms with E-state index in [-0.39, 0.29) is 17.5 Å². The second-order valence-electron chi connectivity index (χ2n) is 8.84. The second kappa shape index (κ2) is 10.2. The van der Waals surface area contributed by atoms with Crippen LogP contribution in [-0.2, 0) is 17.9 Å². The van der Waals surface area contributed by atoms with Gasteiger partial charge in [-0.15, -0.1) is 11.8 Å². The van der Waals surface area contributed by atoms with Crippen LogP contribution < -0.4 is 16.2 Å². The summed E-state index contributed by atoms with van der Waals surface area (Å²) in [6, 6.07) is 14.7. The number of pyridine rings is 2. The number of nitriles is 1. The molecule has 1 fully saturated rings. The number of carbonyl (C=O) groups excluding carboxylic acids is 1. The van der Waals surface area contributed by atoms with E-state index in [9.17, 15) is 20.0 Å². The number of nitrogens with one attached hydrogen (secondary N) is 2. The van der Waals surface area contributed by atoms with Gasteiger partial charge in [-0.2, -0.15) is 5.26 Å². The van der Waals surface area contributed by atoms with Gasteiger partial charge in [-0.1, -0.05) is 6.07 Å². The number of aliphatic hydroxyl groups is 1. The zero-order valence-corrected chi connectivity index (χ0v) is 19.9. The number of anilines is 1. The van der Waals surface area contributed by atoms with Crippen molar-refractivity contribution >= 4 is 34.4 Å². The van der Waals surface area contributed by atoms with Crippen molar-refractivity contribution in [3.63, 3.8) is 0 Å². The number of nitrogens with zero attached hydrogens (tertiary/aromatic N) is 4. The summed E-state index contributed by atoms with van der Waals surface area (Å²) in [4.78, 5) is 31.8. The van der Waals surface area contributed by atoms with Crippen LogP contribution in [0.1, 0.15) is 17.7 Å². The molecule has 1 saturated heterocycles. The van der Waals surface area contributed by atoms with Gasteiger partial charge in [0.25, 0.3) is 5.56 Å². The van der Waals surface area contributed by atoms with Crippen molar-refractivity contribution in [3.8, 4) is 6.07 Å². The number of piperidine rings is 1. The number of benzene rings is 1. The van der Waals surface area contributed by atoms with Gasteiger partial charge in [-0.25, -0.2) is 4.98 Å². The maximum absolute atomic E-state index is 12.5. The molecular formula is C25H26N6O3S. The van der Waals surface area contributed by atoms with Crippen LogP contribution >= 0.6 is 11.8 Å². The summed E-state index contributed by atoms with van der Waals surface area (Å²) in [5.41, 5.74) is 1.99. The Balaban J connectivity index is 1.17. The molecule has 0 radical (unpaired) electrons. The zero-order valence-electron chi connectivity index (χ0n) is 19.1. The first-order valence-corrected chi connectivity index (χ1v) is 12.6. The van der Waals surface area contributed by atoms with E-state index < -0.39 is 6.10 Å². The third kappa shape index (κ3) is 5.23. The predicted molar refractivity (Wildman–Crippen MR) is 134 cm³/mol. The Kier molecular flexibility index (Phi) is 6.83. The lowest BCUT2D eigenvalue weighted by Gasteiger charge is -2.36. The minimum Gasteiger partial charge on any atom is -0.390 e. The summed E-state index contributed by atoms with van der Waals surface area (Å²) < 4.78 is 1.70. The maximum atomic E-state index is 12.5. The first-order valence-electron chi connectivity index (χ1n) is 11.6. The molecule has 2 aromatic heterocycles. The molecule has 9 nitrogen and oxygen atoms in total. The molecule has 0 aliphatic carbocycles. The number of carbonyl (C=O) groups is 1. The van der Waals surface area contributed by atoms with Crippen molar-refractivity contribution in [2.24, 2.45) is 0 Å². The van der Waals surface area contributed by atoms with Gasteiger partial charge in [0.2, 0.25) is 5.91 Å². The third-order valence-electron chi connectivity index (χ3n) is 6.51. The summed E-state index contributed by atoms with van der Waals surface area (Å²) >= 11 is 1.48. The Hall–Kier alpha value is -3.23. The molecule has 35 heavy (non-hydrogen) atoms. The highest BCUT2D eigenvalue weighted by atomic mass is 32.2. The van der Waals surface area contributed by atoms with E-state index >= 15 is 0 Å². The van der Waals surface area contributed by atoms with Crippen molar-refractivity contribution in [3.05, 3.63) is 64.1 Å². The van der Waals surface area contributed by atoms with Crippen LogP contribution in [0.2, 0.25) is 0 Å². The number of hydrogen-bond acceptors (Lipinski definition) is 8. The summed E-state index contributed by atoms with van der Waals surface area (Å²) in [6.07, 6.45) is 0.216. The number of rotatable bonds is 6. The monoisotopic (exact) mass is 490 g/mol. The van der Waals surface area contributed by atoms with Crippen molar-refractivity contribution in [1.82, 2.24) is 19.8 Å². The summed E-state index contributed by atoms with van der Waals surface area (Å²) in [5.74, 6) is 0.971. The van der Waals surface area contributed by atoms with Crippen molar-refractivity contribution in [2.75, 3.05) is 30.7 Å². The van der Waals surface area contributed by atoms with Gasteiger partial charge in [-0.3, -0.25) is 14.5 Å². The minimum atomic E-state index is -0.550. The molecule has 1 amide bonds. The van der Waals surface area contributed by atoms with Crippen molar-refractivity contribution in [1.29, 1.82) is 5.26 Å². The standard InChI is InChI=1S/C25H26N6O3S/c26-12-16-1-2-17-3-6-24(34)31(20(17)11-16)10-9-30-8-7-19(21(32)14-30)27-13-18-4-5-22-25(28-18)29-23(33)15-35-22/h1-6,11,19,21,27,32H,7-10,13-15H2,(H,28,29,33)/t19-,21+/m0/s1. The molecule has 10 heteroatoms. The van der Waals surface area contributed by atoms with E-state index in [2.05, 4.69) is 26.6 Å². The van der Waals surface area contributed by atoms with Crippen LogP contribution in [0, 0.1) is 11.3 Å². The van der Waals surface area contributed by atoms with E-state index in [1.807, 2.05) is 18.2 Å². The molecule has 5 rings (SSSR count). The Labute approximate surface area is 206 Å². The Morgan fingerprint density at radius 1 is 1.20 bits per heavy atom. The summed E-state index contributed by atoms with van der Waals surface area (Å²) in [6.45, 7) is 2.91. The first-order chi connectivity index (χ1) is 17.0. The van der Waals surface area contributed by atoms with Gasteiger partial charge in [-0.05, 0) is 48.7 Å². The van der Waals surface area contributed by atoms with Crippen molar-refractivity contribution in [2.45, 2.75) is 36.6 Å². The molecule has 2 aliphatic rings. The molecule has 1 aromatic carbocycles. The number of likely N-dealkylation sites (tertiary alicyclic amines) is 1. The number of hydrogen-bond donors (Lipinski definition) is 3. The highest BCUT2D eigenvalue weighted by Crippen LogP contribution is 2.29. The van der Waals surface area contributed by atoms with Crippen LogP contribution in [0.4, 0.5) is 5.82 Å². The molecule has 0 bridgehead atoms. The van der Waals surface area contributed by atoms with E-state index in [1.54, 1.807) is 28.8 Å². The predicted octanol–water partition coefficient (Wildman–Crippen LogP) is 1.54. The lowest BCUT2D eigenvalue weighted by atomic mass is 10.0. The zero-order chi connectivity index (χ0) is 24.4. The average Bonchev–Trinajstić information content (AvgIpc) is 2.87. The molecule has 3 N–H and O–H groups in total. The molecule has 3 aromatic rings. The van der Waals surface area contributed by atoms with Gasteiger partial charge < -0.3 is 20.3 Å². The fourth-order valence-electron chi connectivity index (χ4n) is 4.61. The fraction of sp³-hybridized carbons (Fsp3) is 0.360. The minimum absolute atomic E-state index is 0.0424. The summed E-state index contributed by atoms with van der Waals surface area (Å²) in [7, 11) is 0. The fourth-order valence-corrected chi connectivity index (χ4v) is 5.36. The second-order valence-corrected chi connectivity index (χ2v) is 9.86. The van der Waals surface area contributed by atoms with Gasteiger partial charge in [0, 0.05) is 38.3 Å². The van der Waals surface area contributed by atoms with Crippen LogP contribution in [-0.4, -0.2) is 63.0 Å². The van der Waals surface area contributed by atoms with Crippen molar-refractivity contribution < 1.29 is 9.90 Å². The van der Waals surface area contributed by atoms with Gasteiger partial charge in [0.1, 0.15) is 5.82 Å².